The Hall–Kier alpha value is -2.25. The van der Waals surface area contributed by atoms with Gasteiger partial charge in [0.05, 0.1) is 18.7 Å². The van der Waals surface area contributed by atoms with E-state index >= 15 is 0 Å². The second-order valence-corrected chi connectivity index (χ2v) is 8.08. The number of esters is 1. The lowest BCUT2D eigenvalue weighted by atomic mass is 9.82. The zero-order chi connectivity index (χ0) is 20.0. The monoisotopic (exact) mass is 392 g/mol. The first-order valence-electron chi connectivity index (χ1n) is 8.75. The fourth-order valence-electron chi connectivity index (χ4n) is 2.72. The lowest BCUT2D eigenvalue weighted by Crippen LogP contribution is -2.37. The summed E-state index contributed by atoms with van der Waals surface area (Å²) in [6.45, 7) is 8.20. The first kappa shape index (κ1) is 21.1. The predicted octanol–water partition coefficient (Wildman–Crippen LogP) is 4.38. The van der Waals surface area contributed by atoms with Crippen LogP contribution >= 0.6 is 11.3 Å². The van der Waals surface area contributed by atoms with Crippen molar-refractivity contribution >= 4 is 28.2 Å². The minimum Gasteiger partial charge on any atom is -0.462 e. The van der Waals surface area contributed by atoms with Crippen molar-refractivity contribution in [2.75, 3.05) is 18.5 Å². The number of anilines is 1. The van der Waals surface area contributed by atoms with Crippen LogP contribution in [-0.4, -0.2) is 25.0 Å². The normalized spacial score (nSPS) is 12.5. The van der Waals surface area contributed by atoms with Gasteiger partial charge in [0.2, 0.25) is 5.91 Å². The molecule has 27 heavy (non-hydrogen) atoms. The van der Waals surface area contributed by atoms with Crippen LogP contribution in [0.1, 0.15) is 49.7 Å². The molecule has 0 saturated heterocycles. The Kier molecular flexibility index (Phi) is 7.10. The molecule has 1 unspecified atom stereocenters. The van der Waals surface area contributed by atoms with Crippen molar-refractivity contribution in [3.05, 3.63) is 52.7 Å². The zero-order valence-electron chi connectivity index (χ0n) is 16.0. The maximum absolute atomic E-state index is 13.2. The van der Waals surface area contributed by atoms with Crippen molar-refractivity contribution in [2.45, 2.75) is 33.7 Å². The van der Waals surface area contributed by atoms with Crippen molar-refractivity contribution < 1.29 is 18.7 Å². The molecule has 5 nitrogen and oxygen atoms in total. The number of carbonyl (C=O) groups is 2. The fourth-order valence-corrected chi connectivity index (χ4v) is 3.51. The summed E-state index contributed by atoms with van der Waals surface area (Å²) >= 11 is 1.27. The first-order chi connectivity index (χ1) is 12.7. The summed E-state index contributed by atoms with van der Waals surface area (Å²) in [6.07, 6.45) is 0. The SMILES string of the molecule is CCOC(=O)c1ccsc1NC(=O)CNC(c1ccc(F)cc1)C(C)(C)C. The van der Waals surface area contributed by atoms with Crippen LogP contribution in [0, 0.1) is 11.2 Å². The number of hydrogen-bond acceptors (Lipinski definition) is 5. The Morgan fingerprint density at radius 2 is 1.85 bits per heavy atom. The van der Waals surface area contributed by atoms with Crippen molar-refractivity contribution in [1.82, 2.24) is 5.32 Å². The molecule has 0 fully saturated rings. The topological polar surface area (TPSA) is 67.4 Å². The smallest absolute Gasteiger partial charge is 0.341 e. The van der Waals surface area contributed by atoms with E-state index in [4.69, 9.17) is 4.74 Å². The highest BCUT2D eigenvalue weighted by atomic mass is 32.1. The van der Waals surface area contributed by atoms with Crippen LogP contribution in [0.15, 0.2) is 35.7 Å². The molecular weight excluding hydrogens is 367 g/mol. The molecule has 7 heteroatoms. The third-order valence-electron chi connectivity index (χ3n) is 3.95. The van der Waals surface area contributed by atoms with E-state index in [0.717, 1.165) is 5.56 Å². The van der Waals surface area contributed by atoms with Gasteiger partial charge in [0.25, 0.3) is 0 Å². The minimum atomic E-state index is -0.458. The van der Waals surface area contributed by atoms with Gasteiger partial charge in [-0.2, -0.15) is 0 Å². The molecule has 0 bridgehead atoms. The summed E-state index contributed by atoms with van der Waals surface area (Å²) < 4.78 is 18.2. The maximum Gasteiger partial charge on any atom is 0.341 e. The number of carbonyl (C=O) groups excluding carboxylic acids is 2. The Bertz CT molecular complexity index is 781. The van der Waals surface area contributed by atoms with Gasteiger partial charge in [-0.25, -0.2) is 9.18 Å². The van der Waals surface area contributed by atoms with Gasteiger partial charge in [0.15, 0.2) is 0 Å². The van der Waals surface area contributed by atoms with E-state index in [1.165, 1.54) is 23.5 Å². The van der Waals surface area contributed by atoms with Crippen LogP contribution in [0.4, 0.5) is 9.39 Å². The maximum atomic E-state index is 13.2. The average molecular weight is 392 g/mol. The summed E-state index contributed by atoms with van der Waals surface area (Å²) in [4.78, 5) is 24.3. The number of rotatable bonds is 7. The quantitative estimate of drug-likeness (QED) is 0.686. The largest absolute Gasteiger partial charge is 0.462 e. The lowest BCUT2D eigenvalue weighted by Gasteiger charge is -2.32. The highest BCUT2D eigenvalue weighted by Gasteiger charge is 2.26. The van der Waals surface area contributed by atoms with E-state index in [9.17, 15) is 14.0 Å². The summed E-state index contributed by atoms with van der Waals surface area (Å²) in [5.41, 5.74) is 1.07. The molecule has 1 amide bonds. The summed E-state index contributed by atoms with van der Waals surface area (Å²) in [7, 11) is 0. The molecule has 0 spiro atoms. The number of amides is 1. The number of benzene rings is 1. The van der Waals surface area contributed by atoms with Gasteiger partial charge in [-0.1, -0.05) is 32.9 Å². The van der Waals surface area contributed by atoms with E-state index in [0.29, 0.717) is 10.6 Å². The van der Waals surface area contributed by atoms with E-state index in [2.05, 4.69) is 10.6 Å². The Morgan fingerprint density at radius 3 is 2.44 bits per heavy atom. The first-order valence-corrected chi connectivity index (χ1v) is 9.63. The molecule has 2 N–H and O–H groups in total. The van der Waals surface area contributed by atoms with Crippen molar-refractivity contribution in [2.24, 2.45) is 5.41 Å². The molecule has 1 atom stereocenters. The highest BCUT2D eigenvalue weighted by Crippen LogP contribution is 2.32. The number of hydrogen-bond donors (Lipinski definition) is 2. The van der Waals surface area contributed by atoms with Crippen molar-refractivity contribution in [3.8, 4) is 0 Å². The van der Waals surface area contributed by atoms with Gasteiger partial charge >= 0.3 is 5.97 Å². The second-order valence-electron chi connectivity index (χ2n) is 7.16. The van der Waals surface area contributed by atoms with Crippen molar-refractivity contribution in [1.29, 1.82) is 0 Å². The molecule has 1 heterocycles. The molecule has 146 valence electrons. The Balaban J connectivity index is 2.03. The Labute approximate surface area is 162 Å². The molecule has 2 aromatic rings. The predicted molar refractivity (Wildman–Crippen MR) is 106 cm³/mol. The number of thiophene rings is 1. The molecule has 0 radical (unpaired) electrons. The third-order valence-corrected chi connectivity index (χ3v) is 4.78. The fraction of sp³-hybridized carbons (Fsp3) is 0.400. The standard InChI is InChI=1S/C20H25FN2O3S/c1-5-26-19(25)15-10-11-27-18(15)23-16(24)12-22-17(20(2,3)4)13-6-8-14(21)9-7-13/h6-11,17,22H,5,12H2,1-4H3,(H,23,24). The molecule has 1 aromatic heterocycles. The van der Waals surface area contributed by atoms with Crippen LogP contribution in [0.2, 0.25) is 0 Å². The van der Waals surface area contributed by atoms with E-state index in [-0.39, 0.29) is 36.3 Å². The van der Waals surface area contributed by atoms with Gasteiger partial charge < -0.3 is 15.4 Å². The number of halogens is 1. The Morgan fingerprint density at radius 1 is 1.19 bits per heavy atom. The third kappa shape index (κ3) is 5.87. The summed E-state index contributed by atoms with van der Waals surface area (Å²) in [5, 5.41) is 8.18. The van der Waals surface area contributed by atoms with Crippen LogP contribution in [0.5, 0.6) is 0 Å². The molecule has 0 aliphatic rings. The molecule has 2 rings (SSSR count). The van der Waals surface area contributed by atoms with Gasteiger partial charge in [-0.3, -0.25) is 4.79 Å². The number of ether oxygens (including phenoxy) is 1. The van der Waals surface area contributed by atoms with E-state index in [1.54, 1.807) is 30.5 Å². The highest BCUT2D eigenvalue weighted by molar-refractivity contribution is 7.14. The van der Waals surface area contributed by atoms with E-state index in [1.807, 2.05) is 20.8 Å². The average Bonchev–Trinajstić information content (AvgIpc) is 3.04. The number of nitrogens with one attached hydrogen (secondary N) is 2. The van der Waals surface area contributed by atoms with Gasteiger partial charge in [-0.15, -0.1) is 11.3 Å². The van der Waals surface area contributed by atoms with E-state index < -0.39 is 5.97 Å². The summed E-state index contributed by atoms with van der Waals surface area (Å²) in [6, 6.07) is 7.74. The van der Waals surface area contributed by atoms with Gasteiger partial charge in [0.1, 0.15) is 10.8 Å². The van der Waals surface area contributed by atoms with Crippen LogP contribution < -0.4 is 10.6 Å². The van der Waals surface area contributed by atoms with Crippen molar-refractivity contribution in [3.63, 3.8) is 0 Å². The molecule has 1 aromatic carbocycles. The van der Waals surface area contributed by atoms with Crippen LogP contribution in [0.25, 0.3) is 0 Å². The molecule has 0 saturated carbocycles. The van der Waals surface area contributed by atoms with Crippen LogP contribution in [-0.2, 0) is 9.53 Å². The summed E-state index contributed by atoms with van der Waals surface area (Å²) in [5.74, 6) is -1.02. The lowest BCUT2D eigenvalue weighted by molar-refractivity contribution is -0.115. The van der Waals surface area contributed by atoms with Gasteiger partial charge in [-0.05, 0) is 41.5 Å². The second kappa shape index (κ2) is 9.10. The zero-order valence-corrected chi connectivity index (χ0v) is 16.8. The molecular formula is C20H25FN2O3S. The minimum absolute atomic E-state index is 0.0550. The molecule has 0 aliphatic carbocycles. The van der Waals surface area contributed by atoms with Gasteiger partial charge in [0, 0.05) is 6.04 Å². The molecule has 0 aliphatic heterocycles. The van der Waals surface area contributed by atoms with Crippen LogP contribution in [0.3, 0.4) is 0 Å².